The van der Waals surface area contributed by atoms with Crippen molar-refractivity contribution in [2.75, 3.05) is 31.6 Å². The first-order valence-electron chi connectivity index (χ1n) is 16.3. The van der Waals surface area contributed by atoms with Crippen molar-refractivity contribution in [3.63, 3.8) is 0 Å². The Morgan fingerprint density at radius 2 is 1.69 bits per heavy atom. The number of carboxylic acid groups (broad SMARTS) is 1. The van der Waals surface area contributed by atoms with Gasteiger partial charge in [-0.3, -0.25) is 19.5 Å². The highest BCUT2D eigenvalue weighted by Crippen LogP contribution is 2.31. The third kappa shape index (κ3) is 13.1. The first-order valence-corrected chi connectivity index (χ1v) is 16.3. The zero-order valence-corrected chi connectivity index (χ0v) is 29.1. The molecule has 52 heavy (non-hydrogen) atoms. The molecular formula is C36H42F6N4O6. The van der Waals surface area contributed by atoms with Crippen LogP contribution in [0.25, 0.3) is 0 Å². The lowest BCUT2D eigenvalue weighted by Gasteiger charge is -2.46. The molecule has 16 heteroatoms. The normalized spacial score (nSPS) is 17.0. The Labute approximate surface area is 297 Å². The Morgan fingerprint density at radius 3 is 2.29 bits per heavy atom. The van der Waals surface area contributed by atoms with E-state index >= 15 is 4.39 Å². The first kappa shape index (κ1) is 41.7. The summed E-state index contributed by atoms with van der Waals surface area (Å²) in [6.45, 7) is 6.21. The molecule has 2 heterocycles. The van der Waals surface area contributed by atoms with Crippen LogP contribution in [-0.4, -0.2) is 83.6 Å². The fourth-order valence-corrected chi connectivity index (χ4v) is 5.81. The third-order valence-electron chi connectivity index (χ3n) is 8.22. The quantitative estimate of drug-likeness (QED) is 0.145. The van der Waals surface area contributed by atoms with E-state index in [-0.39, 0.29) is 55.4 Å². The van der Waals surface area contributed by atoms with Gasteiger partial charge in [0.25, 0.3) is 6.47 Å². The van der Waals surface area contributed by atoms with Crippen LogP contribution in [0.1, 0.15) is 61.8 Å². The Balaban J connectivity index is 0.00000235. The number of carbonyl (C=O) groups is 3. The maximum Gasteiger partial charge on any atom is 0.407 e. The van der Waals surface area contributed by atoms with Crippen LogP contribution >= 0.6 is 0 Å². The summed E-state index contributed by atoms with van der Waals surface area (Å²) in [7, 11) is 0. The van der Waals surface area contributed by atoms with Crippen LogP contribution < -0.4 is 10.6 Å². The Kier molecular flexibility index (Phi) is 15.0. The summed E-state index contributed by atoms with van der Waals surface area (Å²) in [5.41, 5.74) is 1.83. The lowest BCUT2D eigenvalue weighted by atomic mass is 9.87. The van der Waals surface area contributed by atoms with Gasteiger partial charge in [0.1, 0.15) is 30.6 Å². The lowest BCUT2D eigenvalue weighted by Crippen LogP contribution is -2.59. The summed E-state index contributed by atoms with van der Waals surface area (Å²) in [6.07, 6.45) is -3.47. The number of pyridine rings is 1. The summed E-state index contributed by atoms with van der Waals surface area (Å²) in [5.74, 6) is -3.39. The number of hydrogen-bond acceptors (Lipinski definition) is 7. The Morgan fingerprint density at radius 1 is 1.06 bits per heavy atom. The van der Waals surface area contributed by atoms with Crippen molar-refractivity contribution < 1.29 is 55.3 Å². The molecule has 3 N–H and O–H groups in total. The van der Waals surface area contributed by atoms with E-state index in [1.165, 1.54) is 18.3 Å². The third-order valence-corrected chi connectivity index (χ3v) is 8.22. The van der Waals surface area contributed by atoms with Crippen LogP contribution in [0.5, 0.6) is 0 Å². The molecule has 2 aromatic carbocycles. The summed E-state index contributed by atoms with van der Waals surface area (Å²) >= 11 is 0. The molecule has 0 bridgehead atoms. The molecule has 4 rings (SSSR count). The highest BCUT2D eigenvalue weighted by molar-refractivity contribution is 5.92. The minimum Gasteiger partial charge on any atom is -0.483 e. The SMILES string of the molecule is Cc1ccc([C@H](CC(=O)Nc2cncc(F)c2CC[C@@H]2CN(C(C)(C)C)[C@H](COC(=O)NCC(F)(F)F)CO2)c2cc(F)cc(F)c2)cc1.O=CO. The van der Waals surface area contributed by atoms with E-state index < -0.39 is 59.7 Å². The van der Waals surface area contributed by atoms with Gasteiger partial charge in [-0.2, -0.15) is 13.2 Å². The number of anilines is 1. The average molecular weight is 741 g/mol. The molecule has 0 aliphatic carbocycles. The van der Waals surface area contributed by atoms with E-state index in [4.69, 9.17) is 19.4 Å². The lowest BCUT2D eigenvalue weighted by molar-refractivity contribution is -0.125. The fraction of sp³-hybridized carbons (Fsp3) is 0.444. The number of nitrogens with zero attached hydrogens (tertiary/aromatic N) is 2. The second-order valence-electron chi connectivity index (χ2n) is 13.2. The molecule has 1 aromatic heterocycles. The van der Waals surface area contributed by atoms with Gasteiger partial charge in [0.15, 0.2) is 0 Å². The molecule has 10 nitrogen and oxygen atoms in total. The van der Waals surface area contributed by atoms with Crippen molar-refractivity contribution in [1.29, 1.82) is 0 Å². The molecule has 1 aliphatic heterocycles. The van der Waals surface area contributed by atoms with Crippen LogP contribution in [-0.2, 0) is 25.5 Å². The number of nitrogens with one attached hydrogen (secondary N) is 2. The second kappa shape index (κ2) is 18.7. The van der Waals surface area contributed by atoms with Gasteiger partial charge in [0.05, 0.1) is 36.8 Å². The standard InChI is InChI=1S/C35H40F6N4O4.CH2O2/c1-21-5-7-22(8-6-21)29(23-11-24(36)13-25(37)12-23)14-32(46)44-31-16-42-15-30(38)28(31)10-9-27-17-45(34(2,3)4)26(18-48-27)19-49-33(47)43-20-35(39,40)41;2-1-3/h5-8,11-13,15-16,26-27,29H,9-10,14,17-20H2,1-4H3,(H,43,47)(H,44,46);1H,(H,2,3)/t26-,27+,29-;/m0./s1. The number of rotatable bonds is 11. The molecule has 0 radical (unpaired) electrons. The second-order valence-corrected chi connectivity index (χ2v) is 13.2. The molecule has 0 spiro atoms. The number of carbonyl (C=O) groups excluding carboxylic acids is 2. The van der Waals surface area contributed by atoms with Crippen LogP contribution in [0.2, 0.25) is 0 Å². The van der Waals surface area contributed by atoms with Crippen LogP contribution in [0.4, 0.5) is 36.8 Å². The van der Waals surface area contributed by atoms with Gasteiger partial charge in [0, 0.05) is 36.1 Å². The van der Waals surface area contributed by atoms with E-state index in [1.807, 2.05) is 44.7 Å². The van der Waals surface area contributed by atoms with Gasteiger partial charge in [-0.25, -0.2) is 18.0 Å². The molecule has 3 atom stereocenters. The number of alkyl carbamates (subject to hydrolysis) is 1. The number of amides is 2. The summed E-state index contributed by atoms with van der Waals surface area (Å²) in [4.78, 5) is 39.5. The predicted octanol–water partition coefficient (Wildman–Crippen LogP) is 6.76. The molecule has 3 aromatic rings. The first-order chi connectivity index (χ1) is 24.4. The van der Waals surface area contributed by atoms with Crippen LogP contribution in [0.3, 0.4) is 0 Å². The van der Waals surface area contributed by atoms with E-state index in [0.29, 0.717) is 18.5 Å². The summed E-state index contributed by atoms with van der Waals surface area (Å²) < 4.78 is 91.8. The number of benzene rings is 2. The number of ether oxygens (including phenoxy) is 2. The molecule has 1 aliphatic rings. The van der Waals surface area contributed by atoms with E-state index in [0.717, 1.165) is 17.8 Å². The molecular weight excluding hydrogens is 698 g/mol. The van der Waals surface area contributed by atoms with Gasteiger partial charge in [0.2, 0.25) is 5.91 Å². The highest BCUT2D eigenvalue weighted by atomic mass is 19.4. The minimum atomic E-state index is -4.57. The molecule has 1 fully saturated rings. The summed E-state index contributed by atoms with van der Waals surface area (Å²) in [6, 6.07) is 9.93. The molecule has 0 unspecified atom stereocenters. The molecule has 0 saturated carbocycles. The number of aryl methyl sites for hydroxylation is 1. The number of halogens is 6. The van der Waals surface area contributed by atoms with Gasteiger partial charge in [-0.1, -0.05) is 29.8 Å². The molecule has 1 saturated heterocycles. The van der Waals surface area contributed by atoms with Gasteiger partial charge in [-0.15, -0.1) is 0 Å². The van der Waals surface area contributed by atoms with Crippen molar-refractivity contribution in [3.05, 3.63) is 94.6 Å². The zero-order valence-electron chi connectivity index (χ0n) is 29.1. The maximum absolute atomic E-state index is 15.1. The Bertz CT molecular complexity index is 1630. The van der Waals surface area contributed by atoms with Gasteiger partial charge in [-0.05, 0) is 63.8 Å². The van der Waals surface area contributed by atoms with Gasteiger partial charge >= 0.3 is 12.3 Å². The number of hydrogen-bond donors (Lipinski definition) is 3. The van der Waals surface area contributed by atoms with E-state index in [2.05, 4.69) is 10.3 Å². The van der Waals surface area contributed by atoms with Crippen molar-refractivity contribution in [2.45, 2.75) is 76.7 Å². The number of alkyl halides is 3. The smallest absolute Gasteiger partial charge is 0.407 e. The van der Waals surface area contributed by atoms with Gasteiger partial charge < -0.3 is 25.2 Å². The van der Waals surface area contributed by atoms with Crippen molar-refractivity contribution in [1.82, 2.24) is 15.2 Å². The van der Waals surface area contributed by atoms with Crippen LogP contribution in [0, 0.1) is 24.4 Å². The number of morpholine rings is 1. The minimum absolute atomic E-state index is 0.109. The van der Waals surface area contributed by atoms with Crippen LogP contribution in [0.15, 0.2) is 54.9 Å². The summed E-state index contributed by atoms with van der Waals surface area (Å²) in [5, 5.41) is 11.3. The topological polar surface area (TPSA) is 130 Å². The predicted molar refractivity (Wildman–Crippen MR) is 179 cm³/mol. The van der Waals surface area contributed by atoms with E-state index in [9.17, 15) is 31.5 Å². The largest absolute Gasteiger partial charge is 0.483 e. The van der Waals surface area contributed by atoms with Crippen molar-refractivity contribution in [3.8, 4) is 0 Å². The molecule has 284 valence electrons. The Hall–Kier alpha value is -4.70. The maximum atomic E-state index is 15.1. The van der Waals surface area contributed by atoms with E-state index in [1.54, 1.807) is 17.4 Å². The average Bonchev–Trinajstić information content (AvgIpc) is 3.05. The number of aromatic nitrogens is 1. The van der Waals surface area contributed by atoms with Crippen molar-refractivity contribution in [2.24, 2.45) is 0 Å². The van der Waals surface area contributed by atoms with Crippen molar-refractivity contribution >= 4 is 24.2 Å². The fourth-order valence-electron chi connectivity index (χ4n) is 5.81. The highest BCUT2D eigenvalue weighted by Gasteiger charge is 2.37. The molecule has 2 amide bonds. The monoisotopic (exact) mass is 740 g/mol. The zero-order chi connectivity index (χ0) is 38.6.